The van der Waals surface area contributed by atoms with Gasteiger partial charge in [0, 0.05) is 5.69 Å². The molecule has 1 heterocycles. The summed E-state index contributed by atoms with van der Waals surface area (Å²) in [5.74, 6) is -0.706. The summed E-state index contributed by atoms with van der Waals surface area (Å²) in [6.45, 7) is 1.98. The van der Waals surface area contributed by atoms with E-state index in [0.29, 0.717) is 39.2 Å². The average molecular weight is 484 g/mol. The number of methoxy groups -OCH3 is 1. The number of amides is 2. The van der Waals surface area contributed by atoms with E-state index in [1.807, 2.05) is 0 Å². The van der Waals surface area contributed by atoms with E-state index >= 15 is 0 Å². The standard InChI is InChI=1S/C24H22ClN3O6/c1-3-33-24(31)15-4-6-16(7-5-15)28-23(30)22(29)27-14-19-10-9-18(34-19)13-26-17-8-11-21(32-2)20(25)12-17/h4-13H,3,14H2,1-2H3,(H,27,29)(H,28,30). The summed E-state index contributed by atoms with van der Waals surface area (Å²) >= 11 is 6.08. The molecule has 2 N–H and O–H groups in total. The summed E-state index contributed by atoms with van der Waals surface area (Å²) < 4.78 is 15.6. The predicted octanol–water partition coefficient (Wildman–Crippen LogP) is 4.12. The van der Waals surface area contributed by atoms with E-state index in [1.165, 1.54) is 37.6 Å². The molecule has 0 saturated carbocycles. The van der Waals surface area contributed by atoms with Crippen LogP contribution in [0.25, 0.3) is 0 Å². The molecule has 0 aliphatic carbocycles. The van der Waals surface area contributed by atoms with Crippen LogP contribution in [0.15, 0.2) is 64.0 Å². The lowest BCUT2D eigenvalue weighted by Gasteiger charge is -2.07. The molecule has 0 aliphatic heterocycles. The first kappa shape index (κ1) is 24.5. The number of halogens is 1. The van der Waals surface area contributed by atoms with Crippen molar-refractivity contribution in [2.45, 2.75) is 13.5 Å². The van der Waals surface area contributed by atoms with Gasteiger partial charge in [-0.15, -0.1) is 0 Å². The predicted molar refractivity (Wildman–Crippen MR) is 127 cm³/mol. The van der Waals surface area contributed by atoms with Gasteiger partial charge in [0.25, 0.3) is 0 Å². The zero-order valence-electron chi connectivity index (χ0n) is 18.5. The van der Waals surface area contributed by atoms with E-state index in [-0.39, 0.29) is 13.2 Å². The van der Waals surface area contributed by atoms with E-state index in [2.05, 4.69) is 15.6 Å². The highest BCUT2D eigenvalue weighted by Crippen LogP contribution is 2.28. The molecule has 0 unspecified atom stereocenters. The quantitative estimate of drug-likeness (QED) is 0.282. The van der Waals surface area contributed by atoms with Crippen LogP contribution in [0.1, 0.15) is 28.8 Å². The van der Waals surface area contributed by atoms with Crippen LogP contribution in [-0.2, 0) is 20.9 Å². The lowest BCUT2D eigenvalue weighted by Crippen LogP contribution is -2.34. The molecule has 0 saturated heterocycles. The summed E-state index contributed by atoms with van der Waals surface area (Å²) in [4.78, 5) is 40.1. The zero-order valence-corrected chi connectivity index (χ0v) is 19.2. The van der Waals surface area contributed by atoms with Gasteiger partial charge in [0.1, 0.15) is 17.3 Å². The van der Waals surface area contributed by atoms with E-state index in [0.717, 1.165) is 0 Å². The van der Waals surface area contributed by atoms with E-state index in [9.17, 15) is 14.4 Å². The molecular weight excluding hydrogens is 462 g/mol. The van der Waals surface area contributed by atoms with Crippen LogP contribution in [0, 0.1) is 0 Å². The van der Waals surface area contributed by atoms with Crippen molar-refractivity contribution in [1.82, 2.24) is 5.32 Å². The highest BCUT2D eigenvalue weighted by molar-refractivity contribution is 6.39. The van der Waals surface area contributed by atoms with Crippen LogP contribution < -0.4 is 15.4 Å². The number of esters is 1. The van der Waals surface area contributed by atoms with Gasteiger partial charge in [-0.05, 0) is 61.5 Å². The minimum absolute atomic E-state index is 0.0102. The molecule has 0 aliphatic rings. The Hall–Kier alpha value is -4.11. The van der Waals surface area contributed by atoms with Crippen molar-refractivity contribution in [3.8, 4) is 5.75 Å². The van der Waals surface area contributed by atoms with Crippen molar-refractivity contribution < 1.29 is 28.3 Å². The Bertz CT molecular complexity index is 1200. The smallest absolute Gasteiger partial charge is 0.338 e. The Morgan fingerprint density at radius 1 is 1.06 bits per heavy atom. The highest BCUT2D eigenvalue weighted by atomic mass is 35.5. The summed E-state index contributed by atoms with van der Waals surface area (Å²) in [6.07, 6.45) is 1.51. The van der Waals surface area contributed by atoms with Crippen LogP contribution in [0.3, 0.4) is 0 Å². The number of hydrogen-bond acceptors (Lipinski definition) is 7. The molecule has 1 aromatic heterocycles. The number of carbonyl (C=O) groups excluding carboxylic acids is 3. The highest BCUT2D eigenvalue weighted by Gasteiger charge is 2.15. The van der Waals surface area contributed by atoms with Crippen molar-refractivity contribution >= 4 is 47.0 Å². The van der Waals surface area contributed by atoms with Gasteiger partial charge in [-0.1, -0.05) is 11.6 Å². The number of furan rings is 1. The number of benzene rings is 2. The van der Waals surface area contributed by atoms with E-state index in [1.54, 1.807) is 37.3 Å². The monoisotopic (exact) mass is 483 g/mol. The van der Waals surface area contributed by atoms with Crippen molar-refractivity contribution in [2.75, 3.05) is 19.0 Å². The van der Waals surface area contributed by atoms with Crippen molar-refractivity contribution in [2.24, 2.45) is 4.99 Å². The molecule has 176 valence electrons. The van der Waals surface area contributed by atoms with Crippen LogP contribution in [-0.4, -0.2) is 37.7 Å². The molecule has 0 fully saturated rings. The minimum Gasteiger partial charge on any atom is -0.495 e. The molecule has 0 spiro atoms. The Kier molecular flexibility index (Phi) is 8.42. The number of hydrogen-bond donors (Lipinski definition) is 2. The minimum atomic E-state index is -0.853. The molecule has 2 aromatic carbocycles. The van der Waals surface area contributed by atoms with E-state index < -0.39 is 17.8 Å². The summed E-state index contributed by atoms with van der Waals surface area (Å²) in [7, 11) is 1.53. The van der Waals surface area contributed by atoms with Gasteiger partial charge in [0.2, 0.25) is 0 Å². The maximum absolute atomic E-state index is 12.1. The van der Waals surface area contributed by atoms with Crippen molar-refractivity contribution in [3.63, 3.8) is 0 Å². The summed E-state index contributed by atoms with van der Waals surface area (Å²) in [5.41, 5.74) is 1.32. The maximum atomic E-state index is 12.1. The van der Waals surface area contributed by atoms with E-state index in [4.69, 9.17) is 25.5 Å². The second-order valence-corrected chi connectivity index (χ2v) is 7.22. The van der Waals surface area contributed by atoms with Gasteiger partial charge in [-0.25, -0.2) is 4.79 Å². The van der Waals surface area contributed by atoms with Gasteiger partial charge < -0.3 is 24.5 Å². The molecule has 2 amide bonds. The topological polar surface area (TPSA) is 119 Å². The maximum Gasteiger partial charge on any atom is 0.338 e. The first-order chi connectivity index (χ1) is 16.4. The number of nitrogens with one attached hydrogen (secondary N) is 2. The normalized spacial score (nSPS) is 10.7. The van der Waals surface area contributed by atoms with Crippen LogP contribution in [0.5, 0.6) is 5.75 Å². The fraction of sp³-hybridized carbons (Fsp3) is 0.167. The lowest BCUT2D eigenvalue weighted by molar-refractivity contribution is -0.136. The van der Waals surface area contributed by atoms with Crippen LogP contribution >= 0.6 is 11.6 Å². The molecule has 9 nitrogen and oxygen atoms in total. The second kappa shape index (κ2) is 11.7. The molecule has 0 radical (unpaired) electrons. The number of ether oxygens (including phenoxy) is 2. The van der Waals surface area contributed by atoms with Gasteiger partial charge >= 0.3 is 17.8 Å². The third-order valence-electron chi connectivity index (χ3n) is 4.44. The number of rotatable bonds is 8. The van der Waals surface area contributed by atoms with Gasteiger partial charge in [0.05, 0.1) is 42.7 Å². The Morgan fingerprint density at radius 2 is 1.82 bits per heavy atom. The van der Waals surface area contributed by atoms with Gasteiger partial charge in [0.15, 0.2) is 0 Å². The van der Waals surface area contributed by atoms with Gasteiger partial charge in [-0.2, -0.15) is 0 Å². The molecule has 0 bridgehead atoms. The third-order valence-corrected chi connectivity index (χ3v) is 4.74. The van der Waals surface area contributed by atoms with Crippen molar-refractivity contribution in [3.05, 3.63) is 76.7 Å². The largest absolute Gasteiger partial charge is 0.495 e. The first-order valence-electron chi connectivity index (χ1n) is 10.2. The SMILES string of the molecule is CCOC(=O)c1ccc(NC(=O)C(=O)NCc2ccc(C=Nc3ccc(OC)c(Cl)c3)o2)cc1. The Labute approximate surface area is 200 Å². The average Bonchev–Trinajstić information content (AvgIpc) is 3.29. The lowest BCUT2D eigenvalue weighted by atomic mass is 10.2. The van der Waals surface area contributed by atoms with Crippen LogP contribution in [0.2, 0.25) is 5.02 Å². The molecule has 3 aromatic rings. The Balaban J connectivity index is 1.50. The zero-order chi connectivity index (χ0) is 24.5. The third kappa shape index (κ3) is 6.69. The van der Waals surface area contributed by atoms with Gasteiger partial charge in [-0.3, -0.25) is 14.6 Å². The fourth-order valence-corrected chi connectivity index (χ4v) is 3.02. The Morgan fingerprint density at radius 3 is 2.50 bits per heavy atom. The number of aliphatic imine (C=N–C) groups is 1. The van der Waals surface area contributed by atoms with Crippen molar-refractivity contribution in [1.29, 1.82) is 0 Å². The molecule has 34 heavy (non-hydrogen) atoms. The second-order valence-electron chi connectivity index (χ2n) is 6.82. The first-order valence-corrected chi connectivity index (χ1v) is 10.6. The number of nitrogens with zero attached hydrogens (tertiary/aromatic N) is 1. The molecular formula is C24H22ClN3O6. The molecule has 3 rings (SSSR count). The number of anilines is 1. The molecule has 0 atom stereocenters. The number of carbonyl (C=O) groups is 3. The van der Waals surface area contributed by atoms with Crippen LogP contribution in [0.4, 0.5) is 11.4 Å². The summed E-state index contributed by atoms with van der Waals surface area (Å²) in [6, 6.07) is 14.5. The fourth-order valence-electron chi connectivity index (χ4n) is 2.77. The summed E-state index contributed by atoms with van der Waals surface area (Å²) in [5, 5.41) is 5.37. The molecule has 10 heteroatoms.